The molecule has 1 heterocycles. The first kappa shape index (κ1) is 10.3. The average molecular weight is 191 g/mol. The molecule has 0 aromatic carbocycles. The zero-order valence-electron chi connectivity index (χ0n) is 7.20. The molecule has 1 aliphatic heterocycles. The van der Waals surface area contributed by atoms with Gasteiger partial charge in [0.05, 0.1) is 12.7 Å². The molecule has 0 amide bonds. The van der Waals surface area contributed by atoms with Gasteiger partial charge >= 0.3 is 0 Å². The number of aliphatic hydroxyl groups is 2. The lowest BCUT2D eigenvalue weighted by atomic mass is 10.3. The van der Waals surface area contributed by atoms with Crippen LogP contribution >= 0.6 is 11.8 Å². The van der Waals surface area contributed by atoms with Gasteiger partial charge in [0.15, 0.2) is 0 Å². The zero-order chi connectivity index (χ0) is 8.81. The molecule has 1 saturated heterocycles. The van der Waals surface area contributed by atoms with Gasteiger partial charge in [-0.2, -0.15) is 11.8 Å². The summed E-state index contributed by atoms with van der Waals surface area (Å²) in [5, 5.41) is 21.0. The SMILES string of the molecule is OCC(O)CSC[C@H]1CCCN1. The number of hydrogen-bond acceptors (Lipinski definition) is 4. The quantitative estimate of drug-likeness (QED) is 0.564. The van der Waals surface area contributed by atoms with Crippen molar-refractivity contribution in [3.8, 4) is 0 Å². The van der Waals surface area contributed by atoms with Crippen molar-refractivity contribution in [2.24, 2.45) is 0 Å². The largest absolute Gasteiger partial charge is 0.394 e. The third kappa shape index (κ3) is 3.76. The minimum Gasteiger partial charge on any atom is -0.394 e. The fraction of sp³-hybridized carbons (Fsp3) is 1.00. The fourth-order valence-corrected chi connectivity index (χ4v) is 2.38. The van der Waals surface area contributed by atoms with E-state index in [-0.39, 0.29) is 6.61 Å². The summed E-state index contributed by atoms with van der Waals surface area (Å²) in [5.74, 6) is 1.70. The van der Waals surface area contributed by atoms with Crippen LogP contribution in [-0.2, 0) is 0 Å². The van der Waals surface area contributed by atoms with E-state index in [4.69, 9.17) is 10.2 Å². The summed E-state index contributed by atoms with van der Waals surface area (Å²) in [6.07, 6.45) is 1.98. The van der Waals surface area contributed by atoms with Gasteiger partial charge in [-0.1, -0.05) is 0 Å². The smallest absolute Gasteiger partial charge is 0.0861 e. The zero-order valence-corrected chi connectivity index (χ0v) is 8.02. The van der Waals surface area contributed by atoms with E-state index in [0.717, 1.165) is 12.3 Å². The van der Waals surface area contributed by atoms with E-state index in [1.165, 1.54) is 12.8 Å². The highest BCUT2D eigenvalue weighted by atomic mass is 32.2. The first-order valence-corrected chi connectivity index (χ1v) is 5.58. The Morgan fingerprint density at radius 1 is 1.58 bits per heavy atom. The highest BCUT2D eigenvalue weighted by Crippen LogP contribution is 2.12. The second kappa shape index (κ2) is 5.80. The van der Waals surface area contributed by atoms with Gasteiger partial charge in [0.25, 0.3) is 0 Å². The average Bonchev–Trinajstić information content (AvgIpc) is 2.57. The maximum atomic E-state index is 9.04. The molecule has 0 bridgehead atoms. The molecule has 1 rings (SSSR count). The summed E-state index contributed by atoms with van der Waals surface area (Å²) >= 11 is 1.71. The number of nitrogens with one attached hydrogen (secondary N) is 1. The highest BCUT2D eigenvalue weighted by molar-refractivity contribution is 7.99. The van der Waals surface area contributed by atoms with Crippen LogP contribution in [0, 0.1) is 0 Å². The van der Waals surface area contributed by atoms with E-state index >= 15 is 0 Å². The predicted molar refractivity (Wildman–Crippen MR) is 51.4 cm³/mol. The highest BCUT2D eigenvalue weighted by Gasteiger charge is 2.13. The minimum absolute atomic E-state index is 0.120. The fourth-order valence-electron chi connectivity index (χ4n) is 1.30. The Kier molecular flexibility index (Phi) is 4.99. The van der Waals surface area contributed by atoms with E-state index in [2.05, 4.69) is 5.32 Å². The summed E-state index contributed by atoms with van der Waals surface area (Å²) in [7, 11) is 0. The van der Waals surface area contributed by atoms with Crippen molar-refractivity contribution < 1.29 is 10.2 Å². The van der Waals surface area contributed by atoms with Crippen LogP contribution in [0.1, 0.15) is 12.8 Å². The summed E-state index contributed by atoms with van der Waals surface area (Å²) in [6.45, 7) is 1.01. The lowest BCUT2D eigenvalue weighted by Gasteiger charge is -2.10. The van der Waals surface area contributed by atoms with Crippen molar-refractivity contribution in [3.63, 3.8) is 0 Å². The predicted octanol–water partition coefficient (Wildman–Crippen LogP) is -0.175. The van der Waals surface area contributed by atoms with Crippen molar-refractivity contribution in [1.82, 2.24) is 5.32 Å². The lowest BCUT2D eigenvalue weighted by molar-refractivity contribution is 0.113. The molecule has 3 nitrogen and oxygen atoms in total. The summed E-state index contributed by atoms with van der Waals surface area (Å²) in [6, 6.07) is 0.626. The molecule has 3 N–H and O–H groups in total. The molecule has 1 fully saturated rings. The molecule has 72 valence electrons. The van der Waals surface area contributed by atoms with Gasteiger partial charge in [-0.25, -0.2) is 0 Å². The Morgan fingerprint density at radius 2 is 2.42 bits per heavy atom. The van der Waals surface area contributed by atoms with Gasteiger partial charge in [-0.3, -0.25) is 0 Å². The molecular formula is C8H17NO2S. The summed E-state index contributed by atoms with van der Waals surface area (Å²) < 4.78 is 0. The maximum absolute atomic E-state index is 9.04. The van der Waals surface area contributed by atoms with Crippen LogP contribution in [0.2, 0.25) is 0 Å². The van der Waals surface area contributed by atoms with Gasteiger partial charge < -0.3 is 15.5 Å². The van der Waals surface area contributed by atoms with Crippen LogP contribution in [-0.4, -0.2) is 47.0 Å². The number of thioether (sulfide) groups is 1. The van der Waals surface area contributed by atoms with Crippen molar-refractivity contribution >= 4 is 11.8 Å². The topological polar surface area (TPSA) is 52.5 Å². The van der Waals surface area contributed by atoms with Gasteiger partial charge in [-0.15, -0.1) is 0 Å². The standard InChI is InChI=1S/C8H17NO2S/c10-4-8(11)6-12-5-7-2-1-3-9-7/h7-11H,1-6H2/t7-,8?/m1/s1. The lowest BCUT2D eigenvalue weighted by Crippen LogP contribution is -2.25. The maximum Gasteiger partial charge on any atom is 0.0861 e. The van der Waals surface area contributed by atoms with E-state index in [0.29, 0.717) is 11.8 Å². The molecule has 0 aromatic heterocycles. The van der Waals surface area contributed by atoms with Gasteiger partial charge in [0, 0.05) is 17.5 Å². The second-order valence-electron chi connectivity index (χ2n) is 3.17. The normalized spacial score (nSPS) is 26.0. The van der Waals surface area contributed by atoms with Gasteiger partial charge in [0.1, 0.15) is 0 Å². The summed E-state index contributed by atoms with van der Waals surface area (Å²) in [5.41, 5.74) is 0. The Bertz CT molecular complexity index is 118. The molecule has 2 atom stereocenters. The molecular weight excluding hydrogens is 174 g/mol. The van der Waals surface area contributed by atoms with Crippen LogP contribution < -0.4 is 5.32 Å². The molecule has 1 unspecified atom stereocenters. The molecule has 0 spiro atoms. The Hall–Kier alpha value is 0.230. The Balaban J connectivity index is 1.94. The van der Waals surface area contributed by atoms with E-state index in [1.54, 1.807) is 11.8 Å². The van der Waals surface area contributed by atoms with Crippen LogP contribution in [0.25, 0.3) is 0 Å². The van der Waals surface area contributed by atoms with Gasteiger partial charge in [-0.05, 0) is 19.4 Å². The third-order valence-corrected chi connectivity index (χ3v) is 3.26. The molecule has 0 aliphatic carbocycles. The van der Waals surface area contributed by atoms with Crippen LogP contribution in [0.5, 0.6) is 0 Å². The molecule has 4 heteroatoms. The molecule has 12 heavy (non-hydrogen) atoms. The number of aliphatic hydroxyl groups excluding tert-OH is 2. The summed E-state index contributed by atoms with van der Waals surface area (Å²) in [4.78, 5) is 0. The Labute approximate surface area is 77.5 Å². The van der Waals surface area contributed by atoms with E-state index in [1.807, 2.05) is 0 Å². The minimum atomic E-state index is -0.545. The number of hydrogen-bond donors (Lipinski definition) is 3. The van der Waals surface area contributed by atoms with Crippen molar-refractivity contribution in [3.05, 3.63) is 0 Å². The van der Waals surface area contributed by atoms with Crippen LogP contribution in [0.3, 0.4) is 0 Å². The van der Waals surface area contributed by atoms with E-state index < -0.39 is 6.10 Å². The number of rotatable bonds is 5. The third-order valence-electron chi connectivity index (χ3n) is 2.00. The van der Waals surface area contributed by atoms with Gasteiger partial charge in [0.2, 0.25) is 0 Å². The first-order valence-electron chi connectivity index (χ1n) is 4.43. The molecule has 0 saturated carbocycles. The van der Waals surface area contributed by atoms with Crippen molar-refractivity contribution in [1.29, 1.82) is 0 Å². The van der Waals surface area contributed by atoms with Crippen LogP contribution in [0.15, 0.2) is 0 Å². The monoisotopic (exact) mass is 191 g/mol. The Morgan fingerprint density at radius 3 is 3.00 bits per heavy atom. The molecule has 1 aliphatic rings. The van der Waals surface area contributed by atoms with Crippen LogP contribution in [0.4, 0.5) is 0 Å². The van der Waals surface area contributed by atoms with Crippen molar-refractivity contribution in [2.75, 3.05) is 24.7 Å². The van der Waals surface area contributed by atoms with E-state index in [9.17, 15) is 0 Å². The second-order valence-corrected chi connectivity index (χ2v) is 4.24. The van der Waals surface area contributed by atoms with Crippen molar-refractivity contribution in [2.45, 2.75) is 25.0 Å². The molecule has 0 aromatic rings. The first-order chi connectivity index (χ1) is 5.83. The molecule has 0 radical (unpaired) electrons.